The smallest absolute Gasteiger partial charge is 0.270 e. The molecule has 0 aliphatic heterocycles. The molecule has 1 N–H and O–H groups in total. The molecule has 2 heterocycles. The molecule has 108 valence electrons. The number of benzene rings is 1. The van der Waals surface area contributed by atoms with Crippen molar-refractivity contribution in [3.05, 3.63) is 60.6 Å². The fourth-order valence-corrected chi connectivity index (χ4v) is 2.49. The Morgan fingerprint density at radius 1 is 1.05 bits per heavy atom. The summed E-state index contributed by atoms with van der Waals surface area (Å²) in [6.07, 6.45) is 5.71. The summed E-state index contributed by atoms with van der Waals surface area (Å²) in [5, 5.41) is 3.91. The molecular weight excluding hydrogens is 274 g/mol. The van der Waals surface area contributed by atoms with Gasteiger partial charge in [-0.1, -0.05) is 30.3 Å². The summed E-state index contributed by atoms with van der Waals surface area (Å²) < 4.78 is 0. The Labute approximate surface area is 128 Å². The van der Waals surface area contributed by atoms with Crippen LogP contribution in [0.25, 0.3) is 22.0 Å². The predicted octanol–water partition coefficient (Wildman–Crippen LogP) is 3.19. The molecule has 0 atom stereocenters. The van der Waals surface area contributed by atoms with Gasteiger partial charge in [0.2, 0.25) is 0 Å². The van der Waals surface area contributed by atoms with E-state index in [1.807, 2.05) is 36.4 Å². The number of carbonyl (C=O) groups excluding carboxylic acids is 1. The molecule has 1 amide bonds. The Morgan fingerprint density at radius 3 is 2.64 bits per heavy atom. The lowest BCUT2D eigenvalue weighted by Gasteiger charge is -2.08. The van der Waals surface area contributed by atoms with Crippen LogP contribution in [0.2, 0.25) is 0 Å². The van der Waals surface area contributed by atoms with Crippen molar-refractivity contribution in [1.29, 1.82) is 0 Å². The maximum absolute atomic E-state index is 12.2. The molecule has 1 fully saturated rings. The quantitative estimate of drug-likeness (QED) is 0.805. The van der Waals surface area contributed by atoms with Crippen molar-refractivity contribution in [2.45, 2.75) is 18.9 Å². The second-order valence-corrected chi connectivity index (χ2v) is 5.57. The minimum atomic E-state index is -0.0970. The second-order valence-electron chi connectivity index (χ2n) is 5.57. The molecule has 2 aromatic heterocycles. The largest absolute Gasteiger partial charge is 0.348 e. The molecule has 1 aliphatic rings. The van der Waals surface area contributed by atoms with E-state index in [0.717, 1.165) is 34.9 Å². The molecule has 1 saturated carbocycles. The van der Waals surface area contributed by atoms with Crippen LogP contribution in [0.3, 0.4) is 0 Å². The van der Waals surface area contributed by atoms with Crippen LogP contribution < -0.4 is 5.32 Å². The van der Waals surface area contributed by atoms with Gasteiger partial charge in [-0.25, -0.2) is 4.98 Å². The number of nitrogens with one attached hydrogen (secondary N) is 1. The summed E-state index contributed by atoms with van der Waals surface area (Å²) in [5.74, 6) is -0.0970. The summed E-state index contributed by atoms with van der Waals surface area (Å²) in [7, 11) is 0. The molecule has 4 nitrogen and oxygen atoms in total. The van der Waals surface area contributed by atoms with Crippen LogP contribution in [0.4, 0.5) is 0 Å². The maximum Gasteiger partial charge on any atom is 0.270 e. The first-order valence-corrected chi connectivity index (χ1v) is 7.42. The first kappa shape index (κ1) is 13.0. The van der Waals surface area contributed by atoms with Crippen molar-refractivity contribution in [1.82, 2.24) is 15.3 Å². The minimum Gasteiger partial charge on any atom is -0.348 e. The van der Waals surface area contributed by atoms with Crippen LogP contribution >= 0.6 is 0 Å². The molecule has 0 unspecified atom stereocenters. The molecule has 0 bridgehead atoms. The Hall–Kier alpha value is -2.75. The summed E-state index contributed by atoms with van der Waals surface area (Å²) in [6, 6.07) is 14.0. The van der Waals surface area contributed by atoms with Crippen LogP contribution in [0.15, 0.2) is 54.9 Å². The van der Waals surface area contributed by atoms with Crippen LogP contribution in [0, 0.1) is 0 Å². The monoisotopic (exact) mass is 289 g/mol. The summed E-state index contributed by atoms with van der Waals surface area (Å²) >= 11 is 0. The van der Waals surface area contributed by atoms with Crippen molar-refractivity contribution >= 4 is 16.8 Å². The van der Waals surface area contributed by atoms with E-state index in [1.165, 1.54) is 0 Å². The Bertz CT molecular complexity index is 841. The fraction of sp³-hybridized carbons (Fsp3) is 0.167. The van der Waals surface area contributed by atoms with Gasteiger partial charge in [0.25, 0.3) is 5.91 Å². The van der Waals surface area contributed by atoms with Crippen molar-refractivity contribution in [2.24, 2.45) is 0 Å². The van der Waals surface area contributed by atoms with Crippen molar-refractivity contribution in [2.75, 3.05) is 0 Å². The minimum absolute atomic E-state index is 0.0970. The Balaban J connectivity index is 1.81. The molecular formula is C18H15N3O. The van der Waals surface area contributed by atoms with Crippen LogP contribution in [0.1, 0.15) is 23.3 Å². The van der Waals surface area contributed by atoms with Crippen molar-refractivity contribution < 1.29 is 4.79 Å². The van der Waals surface area contributed by atoms with E-state index in [9.17, 15) is 4.79 Å². The molecule has 4 heteroatoms. The standard InChI is InChI=1S/C18H15N3O/c22-18(20-14-7-8-14)16-9-6-13-10-19-11-15(17(13)21-16)12-4-2-1-3-5-12/h1-6,9-11,14H,7-8H2,(H,20,22). The van der Waals surface area contributed by atoms with Crippen molar-refractivity contribution in [3.8, 4) is 11.1 Å². The highest BCUT2D eigenvalue weighted by Crippen LogP contribution is 2.26. The molecule has 1 aliphatic carbocycles. The lowest BCUT2D eigenvalue weighted by atomic mass is 10.0. The summed E-state index contributed by atoms with van der Waals surface area (Å²) in [5.41, 5.74) is 3.26. The number of nitrogens with zero attached hydrogens (tertiary/aromatic N) is 2. The highest BCUT2D eigenvalue weighted by molar-refractivity contribution is 5.98. The Morgan fingerprint density at radius 2 is 1.86 bits per heavy atom. The zero-order chi connectivity index (χ0) is 14.9. The van der Waals surface area contributed by atoms with E-state index in [1.54, 1.807) is 18.5 Å². The first-order valence-electron chi connectivity index (χ1n) is 7.42. The normalized spacial score (nSPS) is 14.0. The number of hydrogen-bond donors (Lipinski definition) is 1. The average molecular weight is 289 g/mol. The number of fused-ring (bicyclic) bond motifs is 1. The number of pyridine rings is 2. The average Bonchev–Trinajstić information content (AvgIpc) is 3.38. The maximum atomic E-state index is 12.2. The van der Waals surface area contributed by atoms with E-state index < -0.39 is 0 Å². The van der Waals surface area contributed by atoms with Gasteiger partial charge in [0.05, 0.1) is 5.52 Å². The number of rotatable bonds is 3. The molecule has 0 radical (unpaired) electrons. The van der Waals surface area contributed by atoms with Gasteiger partial charge < -0.3 is 5.32 Å². The SMILES string of the molecule is O=C(NC1CC1)c1ccc2cncc(-c3ccccc3)c2n1. The van der Waals surface area contributed by atoms with E-state index in [-0.39, 0.29) is 5.91 Å². The molecule has 1 aromatic carbocycles. The van der Waals surface area contributed by atoms with Gasteiger partial charge in [0.1, 0.15) is 5.69 Å². The lowest BCUT2D eigenvalue weighted by Crippen LogP contribution is -2.26. The number of carbonyl (C=O) groups is 1. The van der Waals surface area contributed by atoms with Gasteiger partial charge >= 0.3 is 0 Å². The summed E-state index contributed by atoms with van der Waals surface area (Å²) in [4.78, 5) is 21.1. The zero-order valence-electron chi connectivity index (χ0n) is 12.0. The molecule has 4 rings (SSSR count). The second kappa shape index (κ2) is 5.22. The van der Waals surface area contributed by atoms with Crippen LogP contribution in [-0.4, -0.2) is 21.9 Å². The lowest BCUT2D eigenvalue weighted by molar-refractivity contribution is 0.0946. The van der Waals surface area contributed by atoms with Gasteiger partial charge in [0, 0.05) is 29.4 Å². The zero-order valence-corrected chi connectivity index (χ0v) is 12.0. The molecule has 0 spiro atoms. The van der Waals surface area contributed by atoms with Gasteiger partial charge in [-0.05, 0) is 30.5 Å². The molecule has 22 heavy (non-hydrogen) atoms. The first-order chi connectivity index (χ1) is 10.8. The van der Waals surface area contributed by atoms with E-state index in [4.69, 9.17) is 0 Å². The predicted molar refractivity (Wildman–Crippen MR) is 85.5 cm³/mol. The van der Waals surface area contributed by atoms with E-state index >= 15 is 0 Å². The Kier molecular flexibility index (Phi) is 3.07. The van der Waals surface area contributed by atoms with Crippen LogP contribution in [0.5, 0.6) is 0 Å². The van der Waals surface area contributed by atoms with Crippen LogP contribution in [-0.2, 0) is 0 Å². The summed E-state index contributed by atoms with van der Waals surface area (Å²) in [6.45, 7) is 0. The third kappa shape index (κ3) is 2.44. The van der Waals surface area contributed by atoms with Gasteiger partial charge in [-0.3, -0.25) is 9.78 Å². The number of aromatic nitrogens is 2. The van der Waals surface area contributed by atoms with Gasteiger partial charge in [-0.2, -0.15) is 0 Å². The van der Waals surface area contributed by atoms with Crippen molar-refractivity contribution in [3.63, 3.8) is 0 Å². The molecule has 3 aromatic rings. The topological polar surface area (TPSA) is 54.9 Å². The third-order valence-corrected chi connectivity index (χ3v) is 3.83. The van der Waals surface area contributed by atoms with E-state index in [2.05, 4.69) is 15.3 Å². The fourth-order valence-electron chi connectivity index (χ4n) is 2.49. The van der Waals surface area contributed by atoms with Gasteiger partial charge in [0.15, 0.2) is 0 Å². The highest BCUT2D eigenvalue weighted by atomic mass is 16.2. The van der Waals surface area contributed by atoms with E-state index in [0.29, 0.717) is 11.7 Å². The van der Waals surface area contributed by atoms with Gasteiger partial charge in [-0.15, -0.1) is 0 Å². The number of amides is 1. The third-order valence-electron chi connectivity index (χ3n) is 3.83. The number of hydrogen-bond acceptors (Lipinski definition) is 3. The highest BCUT2D eigenvalue weighted by Gasteiger charge is 2.24. The molecule has 0 saturated heterocycles.